The molecule has 1 aromatic carbocycles. The molecular formula is C14H16N4O. The van der Waals surface area contributed by atoms with Crippen molar-refractivity contribution in [2.24, 2.45) is 0 Å². The molecule has 0 spiro atoms. The largest absolute Gasteiger partial charge is 0.369 e. The maximum atomic E-state index is 6.04. The maximum absolute atomic E-state index is 6.04. The number of rotatable bonds is 2. The Balaban J connectivity index is 2.18. The molecule has 3 rings (SSSR count). The van der Waals surface area contributed by atoms with Gasteiger partial charge in [-0.15, -0.1) is 0 Å². The van der Waals surface area contributed by atoms with Gasteiger partial charge in [0.1, 0.15) is 5.76 Å². The molecule has 5 nitrogen and oxygen atoms in total. The Labute approximate surface area is 111 Å². The fraction of sp³-hybridized carbons (Fsp3) is 0.286. The highest BCUT2D eigenvalue weighted by Crippen LogP contribution is 2.24. The lowest BCUT2D eigenvalue weighted by atomic mass is 10.2. The van der Waals surface area contributed by atoms with E-state index in [1.807, 2.05) is 30.5 Å². The van der Waals surface area contributed by atoms with Crippen molar-refractivity contribution in [2.45, 2.75) is 27.3 Å². The van der Waals surface area contributed by atoms with Gasteiger partial charge in [-0.1, -0.05) is 17.3 Å². The number of benzene rings is 1. The van der Waals surface area contributed by atoms with Crippen LogP contribution in [-0.2, 0) is 6.54 Å². The number of nitrogens with zero attached hydrogens (tertiary/aromatic N) is 3. The second kappa shape index (κ2) is 4.12. The molecule has 5 heteroatoms. The van der Waals surface area contributed by atoms with E-state index in [1.54, 1.807) is 0 Å². The third-order valence-corrected chi connectivity index (χ3v) is 3.50. The number of aryl methyl sites for hydroxylation is 3. The summed E-state index contributed by atoms with van der Waals surface area (Å²) in [5.74, 6) is 1.34. The fourth-order valence-electron chi connectivity index (χ4n) is 2.43. The second-order valence-corrected chi connectivity index (χ2v) is 4.80. The molecule has 2 aromatic heterocycles. The Bertz CT molecular complexity index is 735. The van der Waals surface area contributed by atoms with Crippen LogP contribution in [0.15, 0.2) is 22.7 Å². The summed E-state index contributed by atoms with van der Waals surface area (Å²) in [6, 6.07) is 6.03. The highest BCUT2D eigenvalue weighted by atomic mass is 16.5. The first-order valence-corrected chi connectivity index (χ1v) is 6.21. The van der Waals surface area contributed by atoms with Gasteiger partial charge in [0.15, 0.2) is 0 Å². The standard InChI is InChI=1S/C14H16N4O/c1-8-5-4-6-12-13(8)18(14(15)16-12)7-11-9(2)17-19-10(11)3/h4-6H,7H2,1-3H3,(H2,15,16). The van der Waals surface area contributed by atoms with E-state index < -0.39 is 0 Å². The molecule has 0 aliphatic heterocycles. The average molecular weight is 256 g/mol. The molecule has 0 aliphatic rings. The zero-order valence-electron chi connectivity index (χ0n) is 11.3. The van der Waals surface area contributed by atoms with Crippen LogP contribution in [0.4, 0.5) is 5.95 Å². The van der Waals surface area contributed by atoms with Gasteiger partial charge in [0, 0.05) is 5.56 Å². The molecule has 19 heavy (non-hydrogen) atoms. The summed E-state index contributed by atoms with van der Waals surface area (Å²) < 4.78 is 7.21. The number of imidazole rings is 1. The minimum absolute atomic E-state index is 0.518. The van der Waals surface area contributed by atoms with Crippen molar-refractivity contribution in [1.29, 1.82) is 0 Å². The predicted molar refractivity (Wildman–Crippen MR) is 74.0 cm³/mol. The van der Waals surface area contributed by atoms with Crippen molar-refractivity contribution in [3.63, 3.8) is 0 Å². The highest BCUT2D eigenvalue weighted by Gasteiger charge is 2.15. The van der Waals surface area contributed by atoms with Crippen molar-refractivity contribution in [3.05, 3.63) is 40.8 Å². The van der Waals surface area contributed by atoms with Gasteiger partial charge in [-0.05, 0) is 32.4 Å². The summed E-state index contributed by atoms with van der Waals surface area (Å²) in [5, 5.41) is 3.98. The molecule has 0 unspecified atom stereocenters. The van der Waals surface area contributed by atoms with Crippen molar-refractivity contribution >= 4 is 17.0 Å². The Morgan fingerprint density at radius 2 is 2.05 bits per heavy atom. The molecular weight excluding hydrogens is 240 g/mol. The zero-order chi connectivity index (χ0) is 13.6. The first-order valence-electron chi connectivity index (χ1n) is 6.21. The number of hydrogen-bond donors (Lipinski definition) is 1. The third kappa shape index (κ3) is 1.78. The molecule has 2 N–H and O–H groups in total. The van der Waals surface area contributed by atoms with Gasteiger partial charge >= 0.3 is 0 Å². The number of para-hydroxylation sites is 1. The van der Waals surface area contributed by atoms with Crippen LogP contribution in [0.3, 0.4) is 0 Å². The van der Waals surface area contributed by atoms with Crippen LogP contribution >= 0.6 is 0 Å². The first-order chi connectivity index (χ1) is 9.08. The van der Waals surface area contributed by atoms with E-state index in [2.05, 4.69) is 23.1 Å². The van der Waals surface area contributed by atoms with Crippen LogP contribution in [0.1, 0.15) is 22.6 Å². The Kier molecular flexibility index (Phi) is 2.55. The van der Waals surface area contributed by atoms with Gasteiger partial charge in [0.25, 0.3) is 0 Å². The van der Waals surface area contributed by atoms with E-state index in [4.69, 9.17) is 10.3 Å². The lowest BCUT2D eigenvalue weighted by molar-refractivity contribution is 0.392. The van der Waals surface area contributed by atoms with Crippen LogP contribution in [0.5, 0.6) is 0 Å². The molecule has 0 bridgehead atoms. The Morgan fingerprint density at radius 3 is 2.74 bits per heavy atom. The summed E-state index contributed by atoms with van der Waals surface area (Å²) in [5.41, 5.74) is 11.2. The summed E-state index contributed by atoms with van der Waals surface area (Å²) in [4.78, 5) is 4.40. The maximum Gasteiger partial charge on any atom is 0.201 e. The average Bonchev–Trinajstić information content (AvgIpc) is 2.85. The van der Waals surface area contributed by atoms with Crippen LogP contribution in [0, 0.1) is 20.8 Å². The second-order valence-electron chi connectivity index (χ2n) is 4.80. The molecule has 2 heterocycles. The van der Waals surface area contributed by atoms with E-state index in [9.17, 15) is 0 Å². The highest BCUT2D eigenvalue weighted by molar-refractivity contribution is 5.81. The fourth-order valence-corrected chi connectivity index (χ4v) is 2.43. The molecule has 0 saturated carbocycles. The zero-order valence-corrected chi connectivity index (χ0v) is 11.3. The molecule has 0 amide bonds. The van der Waals surface area contributed by atoms with Crippen molar-refractivity contribution in [2.75, 3.05) is 5.73 Å². The molecule has 0 aliphatic carbocycles. The smallest absolute Gasteiger partial charge is 0.201 e. The SMILES string of the molecule is Cc1noc(C)c1Cn1c(N)nc2cccc(C)c21. The van der Waals surface area contributed by atoms with Crippen LogP contribution in [0.2, 0.25) is 0 Å². The number of nitrogen functional groups attached to an aromatic ring is 1. The van der Waals surface area contributed by atoms with E-state index in [-0.39, 0.29) is 0 Å². The van der Waals surface area contributed by atoms with Gasteiger partial charge < -0.3 is 14.8 Å². The van der Waals surface area contributed by atoms with E-state index in [1.165, 1.54) is 0 Å². The van der Waals surface area contributed by atoms with Crippen LogP contribution in [-0.4, -0.2) is 14.7 Å². The molecule has 0 atom stereocenters. The van der Waals surface area contributed by atoms with Gasteiger partial charge in [-0.25, -0.2) is 4.98 Å². The summed E-state index contributed by atoms with van der Waals surface area (Å²) in [7, 11) is 0. The molecule has 0 fully saturated rings. The van der Waals surface area contributed by atoms with E-state index >= 15 is 0 Å². The monoisotopic (exact) mass is 256 g/mol. The van der Waals surface area contributed by atoms with E-state index in [0.717, 1.165) is 33.6 Å². The van der Waals surface area contributed by atoms with Gasteiger partial charge in [-0.2, -0.15) is 0 Å². The summed E-state index contributed by atoms with van der Waals surface area (Å²) >= 11 is 0. The number of aromatic nitrogens is 3. The Morgan fingerprint density at radius 1 is 1.26 bits per heavy atom. The minimum Gasteiger partial charge on any atom is -0.369 e. The number of fused-ring (bicyclic) bond motifs is 1. The van der Waals surface area contributed by atoms with Crippen molar-refractivity contribution < 1.29 is 4.52 Å². The third-order valence-electron chi connectivity index (χ3n) is 3.50. The molecule has 0 radical (unpaired) electrons. The van der Waals surface area contributed by atoms with Crippen molar-refractivity contribution in [1.82, 2.24) is 14.7 Å². The Hall–Kier alpha value is -2.30. The normalized spacial score (nSPS) is 11.3. The number of hydrogen-bond acceptors (Lipinski definition) is 4. The number of nitrogens with two attached hydrogens (primary N) is 1. The predicted octanol–water partition coefficient (Wildman–Crippen LogP) is 2.58. The van der Waals surface area contributed by atoms with E-state index in [0.29, 0.717) is 12.5 Å². The molecule has 0 saturated heterocycles. The van der Waals surface area contributed by atoms with Gasteiger partial charge in [0.05, 0.1) is 23.3 Å². The number of anilines is 1. The van der Waals surface area contributed by atoms with Gasteiger partial charge in [0.2, 0.25) is 5.95 Å². The lowest BCUT2D eigenvalue weighted by Crippen LogP contribution is -2.06. The van der Waals surface area contributed by atoms with Crippen LogP contribution in [0.25, 0.3) is 11.0 Å². The minimum atomic E-state index is 0.518. The summed E-state index contributed by atoms with van der Waals surface area (Å²) in [6.07, 6.45) is 0. The quantitative estimate of drug-likeness (QED) is 0.765. The van der Waals surface area contributed by atoms with Crippen LogP contribution < -0.4 is 5.73 Å². The summed E-state index contributed by atoms with van der Waals surface area (Å²) in [6.45, 7) is 6.55. The topological polar surface area (TPSA) is 69.9 Å². The lowest BCUT2D eigenvalue weighted by Gasteiger charge is -2.07. The molecule has 98 valence electrons. The first kappa shape index (κ1) is 11.8. The van der Waals surface area contributed by atoms with Gasteiger partial charge in [-0.3, -0.25) is 0 Å². The van der Waals surface area contributed by atoms with Crippen molar-refractivity contribution in [3.8, 4) is 0 Å². The molecule has 3 aromatic rings.